The minimum Gasteiger partial charge on any atom is -0.380 e. The Kier molecular flexibility index (Phi) is 5.90. The average molecular weight is 289 g/mol. The first-order chi connectivity index (χ1) is 8.83. The molecular weight excluding hydrogens is 269 g/mol. The van der Waals surface area contributed by atoms with Crippen LogP contribution in [0.4, 0.5) is 4.39 Å². The van der Waals surface area contributed by atoms with E-state index < -0.39 is 15.8 Å². The van der Waals surface area contributed by atoms with E-state index in [9.17, 15) is 12.8 Å². The number of sulfonamides is 1. The lowest BCUT2D eigenvalue weighted by Gasteiger charge is -2.09. The zero-order valence-corrected chi connectivity index (χ0v) is 12.3. The van der Waals surface area contributed by atoms with Gasteiger partial charge in [-0.3, -0.25) is 0 Å². The summed E-state index contributed by atoms with van der Waals surface area (Å²) in [7, 11) is -3.67. The third-order valence-electron chi connectivity index (χ3n) is 2.44. The van der Waals surface area contributed by atoms with Crippen molar-refractivity contribution >= 4 is 10.0 Å². The summed E-state index contributed by atoms with van der Waals surface area (Å²) >= 11 is 0. The van der Waals surface area contributed by atoms with Crippen LogP contribution in [0.3, 0.4) is 0 Å². The van der Waals surface area contributed by atoms with Crippen LogP contribution in [0.5, 0.6) is 0 Å². The van der Waals surface area contributed by atoms with Gasteiger partial charge in [-0.15, -0.1) is 0 Å². The number of nitrogens with one attached hydrogen (secondary N) is 1. The molecule has 1 rings (SSSR count). The summed E-state index contributed by atoms with van der Waals surface area (Å²) in [6, 6.07) is 3.85. The average Bonchev–Trinajstić information content (AvgIpc) is 2.31. The van der Waals surface area contributed by atoms with E-state index >= 15 is 0 Å². The van der Waals surface area contributed by atoms with Gasteiger partial charge in [0.05, 0.1) is 11.5 Å². The standard InChI is InChI=1S/C13H20FNO3S/c1-10(2)9-18-7-6-15-19(16,17)12-5-4-11(3)13(14)8-12/h4-5,8,10,15H,6-7,9H2,1-3H3. The molecular formula is C13H20FNO3S. The fourth-order valence-corrected chi connectivity index (χ4v) is 2.42. The Morgan fingerprint density at radius 3 is 2.63 bits per heavy atom. The maximum absolute atomic E-state index is 13.3. The molecule has 0 fully saturated rings. The topological polar surface area (TPSA) is 55.4 Å². The van der Waals surface area contributed by atoms with Gasteiger partial charge >= 0.3 is 0 Å². The van der Waals surface area contributed by atoms with Crippen molar-refractivity contribution in [2.45, 2.75) is 25.7 Å². The predicted molar refractivity (Wildman–Crippen MR) is 72.0 cm³/mol. The highest BCUT2D eigenvalue weighted by molar-refractivity contribution is 7.89. The normalized spacial score (nSPS) is 12.1. The summed E-state index contributed by atoms with van der Waals surface area (Å²) in [6.45, 7) is 6.66. The van der Waals surface area contributed by atoms with Crippen molar-refractivity contribution in [3.05, 3.63) is 29.6 Å². The van der Waals surface area contributed by atoms with Gasteiger partial charge < -0.3 is 4.74 Å². The Morgan fingerprint density at radius 2 is 2.05 bits per heavy atom. The molecule has 0 radical (unpaired) electrons. The lowest BCUT2D eigenvalue weighted by Crippen LogP contribution is -2.28. The van der Waals surface area contributed by atoms with Gasteiger partial charge in [-0.1, -0.05) is 19.9 Å². The molecule has 4 nitrogen and oxygen atoms in total. The maximum atomic E-state index is 13.3. The Hall–Kier alpha value is -0.980. The van der Waals surface area contributed by atoms with Gasteiger partial charge in [0.25, 0.3) is 0 Å². The van der Waals surface area contributed by atoms with E-state index in [0.717, 1.165) is 6.07 Å². The monoisotopic (exact) mass is 289 g/mol. The van der Waals surface area contributed by atoms with Crippen molar-refractivity contribution in [1.29, 1.82) is 0 Å². The second kappa shape index (κ2) is 6.98. The first-order valence-corrected chi connectivity index (χ1v) is 7.65. The number of aryl methyl sites for hydroxylation is 1. The van der Waals surface area contributed by atoms with Crippen molar-refractivity contribution < 1.29 is 17.5 Å². The number of rotatable bonds is 7. The summed E-state index contributed by atoms with van der Waals surface area (Å²) < 4.78 is 44.7. The summed E-state index contributed by atoms with van der Waals surface area (Å²) in [5.41, 5.74) is 0.416. The zero-order valence-electron chi connectivity index (χ0n) is 11.4. The van der Waals surface area contributed by atoms with Crippen LogP contribution in [0.25, 0.3) is 0 Å². The van der Waals surface area contributed by atoms with Crippen LogP contribution in [0.15, 0.2) is 23.1 Å². The van der Waals surface area contributed by atoms with E-state index in [1.165, 1.54) is 12.1 Å². The van der Waals surface area contributed by atoms with E-state index in [-0.39, 0.29) is 11.4 Å². The molecule has 1 N–H and O–H groups in total. The molecule has 0 aliphatic heterocycles. The molecule has 0 heterocycles. The fraction of sp³-hybridized carbons (Fsp3) is 0.538. The zero-order chi connectivity index (χ0) is 14.5. The summed E-state index contributed by atoms with van der Waals surface area (Å²) in [5, 5.41) is 0. The van der Waals surface area contributed by atoms with Crippen LogP contribution >= 0.6 is 0 Å². The molecule has 0 saturated carbocycles. The van der Waals surface area contributed by atoms with Crippen molar-refractivity contribution in [3.63, 3.8) is 0 Å². The van der Waals surface area contributed by atoms with Crippen LogP contribution in [0.1, 0.15) is 19.4 Å². The van der Waals surface area contributed by atoms with E-state index in [4.69, 9.17) is 4.74 Å². The van der Waals surface area contributed by atoms with Crippen LogP contribution < -0.4 is 4.72 Å². The Labute approximate surface area is 114 Å². The number of benzene rings is 1. The van der Waals surface area contributed by atoms with Crippen LogP contribution in [-0.2, 0) is 14.8 Å². The minimum atomic E-state index is -3.67. The van der Waals surface area contributed by atoms with Crippen molar-refractivity contribution in [1.82, 2.24) is 4.72 Å². The molecule has 0 amide bonds. The minimum absolute atomic E-state index is 0.0699. The van der Waals surface area contributed by atoms with Gasteiger partial charge in [0.1, 0.15) is 5.82 Å². The van der Waals surface area contributed by atoms with Crippen molar-refractivity contribution in [2.75, 3.05) is 19.8 Å². The molecule has 6 heteroatoms. The van der Waals surface area contributed by atoms with Crippen LogP contribution in [-0.4, -0.2) is 28.2 Å². The third-order valence-corrected chi connectivity index (χ3v) is 3.90. The SMILES string of the molecule is Cc1ccc(S(=O)(=O)NCCOCC(C)C)cc1F. The van der Waals surface area contributed by atoms with Gasteiger partial charge in [-0.05, 0) is 30.5 Å². The maximum Gasteiger partial charge on any atom is 0.240 e. The van der Waals surface area contributed by atoms with Gasteiger partial charge in [0.15, 0.2) is 0 Å². The Bertz CT molecular complexity index is 515. The van der Waals surface area contributed by atoms with E-state index in [1.807, 2.05) is 13.8 Å². The van der Waals surface area contributed by atoms with Gasteiger partial charge in [-0.25, -0.2) is 17.5 Å². The van der Waals surface area contributed by atoms with E-state index in [0.29, 0.717) is 24.7 Å². The van der Waals surface area contributed by atoms with Gasteiger partial charge in [0, 0.05) is 13.2 Å². The lowest BCUT2D eigenvalue weighted by molar-refractivity contribution is 0.114. The molecule has 0 unspecified atom stereocenters. The second-order valence-electron chi connectivity index (χ2n) is 4.78. The molecule has 1 aromatic carbocycles. The largest absolute Gasteiger partial charge is 0.380 e. The van der Waals surface area contributed by atoms with Crippen molar-refractivity contribution in [3.8, 4) is 0 Å². The molecule has 0 bridgehead atoms. The quantitative estimate of drug-likeness (QED) is 0.782. The number of hydrogen-bond acceptors (Lipinski definition) is 3. The van der Waals surface area contributed by atoms with Gasteiger partial charge in [-0.2, -0.15) is 0 Å². The first kappa shape index (κ1) is 16.1. The molecule has 19 heavy (non-hydrogen) atoms. The Morgan fingerprint density at radius 1 is 1.37 bits per heavy atom. The Balaban J connectivity index is 2.54. The molecule has 0 aromatic heterocycles. The number of halogens is 1. The second-order valence-corrected chi connectivity index (χ2v) is 6.54. The third kappa shape index (κ3) is 5.26. The first-order valence-electron chi connectivity index (χ1n) is 6.16. The predicted octanol–water partition coefficient (Wildman–Crippen LogP) is 2.09. The molecule has 0 aliphatic rings. The smallest absolute Gasteiger partial charge is 0.240 e. The van der Waals surface area contributed by atoms with E-state index in [2.05, 4.69) is 4.72 Å². The molecule has 0 aliphatic carbocycles. The van der Waals surface area contributed by atoms with Crippen LogP contribution in [0, 0.1) is 18.7 Å². The van der Waals surface area contributed by atoms with Crippen molar-refractivity contribution in [2.24, 2.45) is 5.92 Å². The van der Waals surface area contributed by atoms with E-state index in [1.54, 1.807) is 6.92 Å². The summed E-state index contributed by atoms with van der Waals surface area (Å²) in [4.78, 5) is -0.0699. The number of hydrogen-bond donors (Lipinski definition) is 1. The molecule has 0 atom stereocenters. The highest BCUT2D eigenvalue weighted by Crippen LogP contribution is 2.13. The number of ether oxygens (including phenoxy) is 1. The fourth-order valence-electron chi connectivity index (χ4n) is 1.39. The van der Waals surface area contributed by atoms with Crippen LogP contribution in [0.2, 0.25) is 0 Å². The highest BCUT2D eigenvalue weighted by Gasteiger charge is 2.14. The molecule has 1 aromatic rings. The molecule has 0 saturated heterocycles. The lowest BCUT2D eigenvalue weighted by atomic mass is 10.2. The molecule has 108 valence electrons. The summed E-state index contributed by atoms with van der Waals surface area (Å²) in [6.07, 6.45) is 0. The highest BCUT2D eigenvalue weighted by atomic mass is 32.2. The molecule has 0 spiro atoms. The van der Waals surface area contributed by atoms with Gasteiger partial charge in [0.2, 0.25) is 10.0 Å². The summed E-state index contributed by atoms with van der Waals surface area (Å²) in [5.74, 6) is -0.123.